The average molecular weight is 455 g/mol. The fourth-order valence-corrected chi connectivity index (χ4v) is 4.00. The molecule has 34 heavy (non-hydrogen) atoms. The minimum absolute atomic E-state index is 0.00599. The highest BCUT2D eigenvalue weighted by atomic mass is 16.5. The second kappa shape index (κ2) is 8.40. The first-order chi connectivity index (χ1) is 16.5. The molecule has 1 amide bonds. The summed E-state index contributed by atoms with van der Waals surface area (Å²) in [6.07, 6.45) is 0. The van der Waals surface area contributed by atoms with E-state index in [-0.39, 0.29) is 17.6 Å². The summed E-state index contributed by atoms with van der Waals surface area (Å²) in [6.45, 7) is 1.58. The Hall–Kier alpha value is -4.59. The zero-order valence-electron chi connectivity index (χ0n) is 18.6. The van der Waals surface area contributed by atoms with Gasteiger partial charge in [-0.3, -0.25) is 14.2 Å². The molecule has 0 aliphatic heterocycles. The molecule has 5 aromatic rings. The molecule has 0 radical (unpaired) electrons. The summed E-state index contributed by atoms with van der Waals surface area (Å²) in [7, 11) is 1.51. The maximum atomic E-state index is 13.6. The molecule has 0 atom stereocenters. The predicted molar refractivity (Wildman–Crippen MR) is 130 cm³/mol. The van der Waals surface area contributed by atoms with Crippen LogP contribution in [0.3, 0.4) is 0 Å². The number of para-hydroxylation sites is 3. The molecule has 3 aromatic carbocycles. The maximum absolute atomic E-state index is 13.6. The Kier molecular flexibility index (Phi) is 5.25. The number of amides is 1. The van der Waals surface area contributed by atoms with Crippen molar-refractivity contribution in [1.29, 1.82) is 0 Å². The second-order valence-corrected chi connectivity index (χ2v) is 7.87. The standard InChI is InChI=1S/C26H21N3O5/c1-16-11-13-17(14-12-16)29-25(31)24-23(18-7-3-5-9-20(18)34-24)28(26(29)32)15-22(30)27-19-8-4-6-10-21(19)33-2/h3-14H,15H2,1-2H3,(H,27,30). The van der Waals surface area contributed by atoms with Crippen LogP contribution < -0.4 is 21.3 Å². The van der Waals surface area contributed by atoms with Crippen LogP contribution in [0.2, 0.25) is 0 Å². The van der Waals surface area contributed by atoms with Crippen LogP contribution in [0.25, 0.3) is 27.8 Å². The predicted octanol–water partition coefficient (Wildman–Crippen LogP) is 3.85. The number of nitrogens with zero attached hydrogens (tertiary/aromatic N) is 2. The van der Waals surface area contributed by atoms with Gasteiger partial charge in [0.15, 0.2) is 0 Å². The summed E-state index contributed by atoms with van der Waals surface area (Å²) in [5.74, 6) is 0.0408. The highest BCUT2D eigenvalue weighted by Gasteiger charge is 2.22. The van der Waals surface area contributed by atoms with E-state index >= 15 is 0 Å². The summed E-state index contributed by atoms with van der Waals surface area (Å²) in [6, 6.07) is 21.0. The van der Waals surface area contributed by atoms with E-state index in [0.717, 1.165) is 10.1 Å². The van der Waals surface area contributed by atoms with E-state index in [2.05, 4.69) is 5.32 Å². The second-order valence-electron chi connectivity index (χ2n) is 7.87. The minimum Gasteiger partial charge on any atom is -0.495 e. The number of anilines is 1. The van der Waals surface area contributed by atoms with Crippen LogP contribution in [0.4, 0.5) is 5.69 Å². The highest BCUT2D eigenvalue weighted by Crippen LogP contribution is 2.26. The molecule has 0 unspecified atom stereocenters. The zero-order valence-corrected chi connectivity index (χ0v) is 18.6. The van der Waals surface area contributed by atoms with Gasteiger partial charge >= 0.3 is 11.2 Å². The van der Waals surface area contributed by atoms with E-state index in [1.807, 2.05) is 19.1 Å². The number of benzene rings is 3. The number of rotatable bonds is 5. The smallest absolute Gasteiger partial charge is 0.336 e. The molecule has 8 heteroatoms. The van der Waals surface area contributed by atoms with Gasteiger partial charge in [-0.2, -0.15) is 0 Å². The van der Waals surface area contributed by atoms with Crippen molar-refractivity contribution in [3.8, 4) is 11.4 Å². The van der Waals surface area contributed by atoms with Gasteiger partial charge in [0, 0.05) is 5.39 Å². The molecule has 2 aromatic heterocycles. The minimum atomic E-state index is -0.636. The van der Waals surface area contributed by atoms with E-state index in [9.17, 15) is 14.4 Å². The van der Waals surface area contributed by atoms with E-state index in [1.54, 1.807) is 60.7 Å². The molecule has 1 N–H and O–H groups in total. The normalized spacial score (nSPS) is 11.1. The van der Waals surface area contributed by atoms with Gasteiger partial charge in [0.25, 0.3) is 0 Å². The topological polar surface area (TPSA) is 95.5 Å². The molecule has 170 valence electrons. The monoisotopic (exact) mass is 455 g/mol. The van der Waals surface area contributed by atoms with Gasteiger partial charge in [-0.25, -0.2) is 9.36 Å². The van der Waals surface area contributed by atoms with Crippen molar-refractivity contribution < 1.29 is 13.9 Å². The number of hydrogen-bond donors (Lipinski definition) is 1. The number of aryl methyl sites for hydroxylation is 1. The Labute approximate surface area is 193 Å². The Morgan fingerprint density at radius 3 is 2.44 bits per heavy atom. The van der Waals surface area contributed by atoms with Crippen molar-refractivity contribution in [3.63, 3.8) is 0 Å². The Morgan fingerprint density at radius 2 is 1.68 bits per heavy atom. The lowest BCUT2D eigenvalue weighted by Crippen LogP contribution is -2.40. The zero-order chi connectivity index (χ0) is 23.8. The molecular weight excluding hydrogens is 434 g/mol. The number of ether oxygens (including phenoxy) is 1. The summed E-state index contributed by atoms with van der Waals surface area (Å²) >= 11 is 0. The Morgan fingerprint density at radius 1 is 0.971 bits per heavy atom. The number of furan rings is 1. The first kappa shape index (κ1) is 21.3. The largest absolute Gasteiger partial charge is 0.495 e. The van der Waals surface area contributed by atoms with Crippen molar-refractivity contribution in [2.24, 2.45) is 0 Å². The van der Waals surface area contributed by atoms with Gasteiger partial charge < -0.3 is 14.5 Å². The van der Waals surface area contributed by atoms with E-state index in [4.69, 9.17) is 9.15 Å². The van der Waals surface area contributed by atoms with E-state index in [1.165, 1.54) is 11.7 Å². The maximum Gasteiger partial charge on any atom is 0.336 e. The summed E-state index contributed by atoms with van der Waals surface area (Å²) in [5.41, 5.74) is 1.37. The van der Waals surface area contributed by atoms with Crippen LogP contribution >= 0.6 is 0 Å². The van der Waals surface area contributed by atoms with Crippen molar-refractivity contribution in [2.75, 3.05) is 12.4 Å². The summed E-state index contributed by atoms with van der Waals surface area (Å²) in [5, 5.41) is 3.36. The average Bonchev–Trinajstić information content (AvgIpc) is 3.23. The third-order valence-electron chi connectivity index (χ3n) is 5.63. The van der Waals surface area contributed by atoms with Gasteiger partial charge in [-0.15, -0.1) is 0 Å². The molecule has 0 aliphatic carbocycles. The van der Waals surface area contributed by atoms with Gasteiger partial charge in [0.1, 0.15) is 23.4 Å². The lowest BCUT2D eigenvalue weighted by atomic mass is 10.2. The van der Waals surface area contributed by atoms with E-state index < -0.39 is 17.2 Å². The molecular formula is C26H21N3O5. The summed E-state index contributed by atoms with van der Waals surface area (Å²) in [4.78, 5) is 40.0. The fourth-order valence-electron chi connectivity index (χ4n) is 4.00. The van der Waals surface area contributed by atoms with Gasteiger partial charge in [0.2, 0.25) is 11.5 Å². The Bertz CT molecular complexity index is 1660. The highest BCUT2D eigenvalue weighted by molar-refractivity contribution is 6.03. The molecule has 0 spiro atoms. The molecule has 0 bridgehead atoms. The molecule has 0 saturated carbocycles. The molecule has 0 saturated heterocycles. The third kappa shape index (κ3) is 3.55. The quantitative estimate of drug-likeness (QED) is 0.434. The van der Waals surface area contributed by atoms with E-state index in [0.29, 0.717) is 28.1 Å². The van der Waals surface area contributed by atoms with Crippen molar-refractivity contribution in [1.82, 2.24) is 9.13 Å². The van der Waals surface area contributed by atoms with Crippen LogP contribution in [0, 0.1) is 6.92 Å². The summed E-state index contributed by atoms with van der Waals surface area (Å²) < 4.78 is 13.4. The van der Waals surface area contributed by atoms with Crippen molar-refractivity contribution in [2.45, 2.75) is 13.5 Å². The first-order valence-corrected chi connectivity index (χ1v) is 10.6. The number of carbonyl (C=O) groups is 1. The molecule has 0 aliphatic rings. The number of fused-ring (bicyclic) bond motifs is 3. The molecule has 2 heterocycles. The van der Waals surface area contributed by atoms with Crippen molar-refractivity contribution in [3.05, 3.63) is 99.2 Å². The van der Waals surface area contributed by atoms with Crippen LogP contribution in [-0.4, -0.2) is 22.2 Å². The third-order valence-corrected chi connectivity index (χ3v) is 5.63. The number of hydrogen-bond acceptors (Lipinski definition) is 5. The van der Waals surface area contributed by atoms with Crippen LogP contribution in [-0.2, 0) is 11.3 Å². The SMILES string of the molecule is COc1ccccc1NC(=O)Cn1c(=O)n(-c2ccc(C)cc2)c(=O)c2oc3ccccc3c21. The first-order valence-electron chi connectivity index (χ1n) is 10.6. The molecule has 0 fully saturated rings. The van der Waals surface area contributed by atoms with Gasteiger partial charge in [-0.1, -0.05) is 42.0 Å². The number of methoxy groups -OCH3 is 1. The molecule has 8 nitrogen and oxygen atoms in total. The molecule has 5 rings (SSSR count). The number of nitrogens with one attached hydrogen (secondary N) is 1. The lowest BCUT2D eigenvalue weighted by molar-refractivity contribution is -0.116. The number of carbonyl (C=O) groups excluding carboxylic acids is 1. The van der Waals surface area contributed by atoms with Crippen LogP contribution in [0.5, 0.6) is 5.75 Å². The Balaban J connectivity index is 1.71. The fraction of sp³-hybridized carbons (Fsp3) is 0.115. The lowest BCUT2D eigenvalue weighted by Gasteiger charge is -2.13. The number of aromatic nitrogens is 2. The van der Waals surface area contributed by atoms with Gasteiger partial charge in [-0.05, 0) is 43.3 Å². The van der Waals surface area contributed by atoms with Crippen LogP contribution in [0.15, 0.2) is 86.8 Å². The van der Waals surface area contributed by atoms with Crippen molar-refractivity contribution >= 4 is 33.7 Å². The van der Waals surface area contributed by atoms with Gasteiger partial charge in [0.05, 0.1) is 18.5 Å². The van der Waals surface area contributed by atoms with Crippen LogP contribution in [0.1, 0.15) is 5.56 Å².